The molecular weight excluding hydrogens is 258 g/mol. The zero-order valence-corrected chi connectivity index (χ0v) is 12.0. The molecule has 0 saturated heterocycles. The van der Waals surface area contributed by atoms with E-state index >= 15 is 0 Å². The van der Waals surface area contributed by atoms with Crippen LogP contribution in [0.1, 0.15) is 39.5 Å². The van der Waals surface area contributed by atoms with Crippen molar-refractivity contribution in [3.05, 3.63) is 24.2 Å². The third-order valence-electron chi connectivity index (χ3n) is 3.55. The molecular formula is C14H19N3O3. The highest BCUT2D eigenvalue weighted by Crippen LogP contribution is 2.33. The van der Waals surface area contributed by atoms with Gasteiger partial charge < -0.3 is 14.2 Å². The summed E-state index contributed by atoms with van der Waals surface area (Å²) in [6.07, 6.45) is 2.88. The van der Waals surface area contributed by atoms with E-state index in [1.807, 2.05) is 26.0 Å². The van der Waals surface area contributed by atoms with Gasteiger partial charge in [-0.3, -0.25) is 4.79 Å². The smallest absolute Gasteiger partial charge is 0.321 e. The van der Waals surface area contributed by atoms with Crippen LogP contribution >= 0.6 is 0 Å². The Morgan fingerprint density at radius 3 is 2.70 bits per heavy atom. The van der Waals surface area contributed by atoms with Crippen molar-refractivity contribution in [1.29, 1.82) is 0 Å². The van der Waals surface area contributed by atoms with E-state index in [2.05, 4.69) is 15.1 Å². The first-order chi connectivity index (χ1) is 9.67. The molecule has 2 aromatic rings. The van der Waals surface area contributed by atoms with Crippen LogP contribution in [-0.4, -0.2) is 27.7 Å². The Balaban J connectivity index is 2.37. The van der Waals surface area contributed by atoms with Crippen LogP contribution < -0.4 is 0 Å². The summed E-state index contributed by atoms with van der Waals surface area (Å²) in [7, 11) is 0. The maximum atomic E-state index is 12.3. The van der Waals surface area contributed by atoms with Gasteiger partial charge in [0.1, 0.15) is 5.41 Å². The summed E-state index contributed by atoms with van der Waals surface area (Å²) in [5.74, 6) is 0.442. The summed E-state index contributed by atoms with van der Waals surface area (Å²) < 4.78 is 10.5. The van der Waals surface area contributed by atoms with Crippen molar-refractivity contribution < 1.29 is 14.1 Å². The average Bonchev–Trinajstić information content (AvgIpc) is 3.12. The fourth-order valence-electron chi connectivity index (χ4n) is 2.19. The molecule has 6 heteroatoms. The highest BCUT2D eigenvalue weighted by molar-refractivity contribution is 5.81. The lowest BCUT2D eigenvalue weighted by atomic mass is 9.82. The number of carbonyl (C=O) groups excluding carboxylic acids is 1. The third-order valence-corrected chi connectivity index (χ3v) is 3.55. The minimum atomic E-state index is -0.867. The molecule has 0 radical (unpaired) electrons. The number of hydrogen-bond acceptors (Lipinski definition) is 5. The molecule has 108 valence electrons. The van der Waals surface area contributed by atoms with Crippen LogP contribution in [-0.2, 0) is 14.9 Å². The predicted octanol–water partition coefficient (Wildman–Crippen LogP) is 2.69. The second-order valence-corrected chi connectivity index (χ2v) is 4.52. The molecule has 2 rings (SSSR count). The lowest BCUT2D eigenvalue weighted by Crippen LogP contribution is -2.36. The van der Waals surface area contributed by atoms with Crippen LogP contribution in [0.5, 0.6) is 0 Å². The van der Waals surface area contributed by atoms with Crippen molar-refractivity contribution in [3.8, 4) is 11.5 Å². The Morgan fingerprint density at radius 2 is 2.15 bits per heavy atom. The van der Waals surface area contributed by atoms with Crippen LogP contribution in [0.4, 0.5) is 0 Å². The van der Waals surface area contributed by atoms with Gasteiger partial charge in [0, 0.05) is 6.20 Å². The van der Waals surface area contributed by atoms with Gasteiger partial charge in [0.2, 0.25) is 11.7 Å². The molecule has 0 unspecified atom stereocenters. The van der Waals surface area contributed by atoms with Crippen molar-refractivity contribution in [3.63, 3.8) is 0 Å². The second kappa shape index (κ2) is 5.90. The average molecular weight is 277 g/mol. The summed E-state index contributed by atoms with van der Waals surface area (Å²) in [6.45, 7) is 5.95. The van der Waals surface area contributed by atoms with E-state index in [-0.39, 0.29) is 5.97 Å². The van der Waals surface area contributed by atoms with Crippen molar-refractivity contribution in [2.24, 2.45) is 0 Å². The van der Waals surface area contributed by atoms with Gasteiger partial charge in [0.05, 0.1) is 12.3 Å². The Morgan fingerprint density at radius 1 is 1.40 bits per heavy atom. The topological polar surface area (TPSA) is 81.0 Å². The van der Waals surface area contributed by atoms with Gasteiger partial charge in [-0.2, -0.15) is 4.98 Å². The largest absolute Gasteiger partial charge is 0.465 e. The molecule has 0 spiro atoms. The molecule has 0 amide bonds. The normalized spacial score (nSPS) is 11.6. The maximum absolute atomic E-state index is 12.3. The number of rotatable bonds is 6. The Bertz CT molecular complexity index is 556. The van der Waals surface area contributed by atoms with Crippen LogP contribution in [0.2, 0.25) is 0 Å². The van der Waals surface area contributed by atoms with Gasteiger partial charge in [-0.1, -0.05) is 19.0 Å². The lowest BCUT2D eigenvalue weighted by molar-refractivity contribution is -0.151. The number of nitrogens with one attached hydrogen (secondary N) is 1. The van der Waals surface area contributed by atoms with E-state index in [1.54, 1.807) is 13.1 Å². The molecule has 1 N–H and O–H groups in total. The monoisotopic (exact) mass is 277 g/mol. The molecule has 2 aromatic heterocycles. The molecule has 0 atom stereocenters. The lowest BCUT2D eigenvalue weighted by Gasteiger charge is -2.24. The molecule has 0 aromatic carbocycles. The van der Waals surface area contributed by atoms with Crippen LogP contribution in [0, 0.1) is 0 Å². The standard InChI is InChI=1S/C14H19N3O3/c1-4-14(5-2,13(18)19-6-3)12-16-11(17-20-12)10-8-7-9-15-10/h7-9,15H,4-6H2,1-3H3. The van der Waals surface area contributed by atoms with Crippen molar-refractivity contribution in [2.45, 2.75) is 39.0 Å². The predicted molar refractivity (Wildman–Crippen MR) is 73.0 cm³/mol. The van der Waals surface area contributed by atoms with Gasteiger partial charge in [-0.15, -0.1) is 0 Å². The number of ether oxygens (including phenoxy) is 1. The molecule has 0 aliphatic carbocycles. The first kappa shape index (κ1) is 14.3. The number of nitrogens with zero attached hydrogens (tertiary/aromatic N) is 2. The minimum Gasteiger partial charge on any atom is -0.465 e. The zero-order valence-electron chi connectivity index (χ0n) is 12.0. The Hall–Kier alpha value is -2.11. The summed E-state index contributed by atoms with van der Waals surface area (Å²) >= 11 is 0. The number of hydrogen-bond donors (Lipinski definition) is 1. The fourth-order valence-corrected chi connectivity index (χ4v) is 2.19. The first-order valence-corrected chi connectivity index (χ1v) is 6.83. The summed E-state index contributed by atoms with van der Waals surface area (Å²) in [5.41, 5.74) is -0.113. The van der Waals surface area contributed by atoms with Crippen LogP contribution in [0.15, 0.2) is 22.9 Å². The fraction of sp³-hybridized carbons (Fsp3) is 0.500. The van der Waals surface area contributed by atoms with Crippen LogP contribution in [0.3, 0.4) is 0 Å². The van der Waals surface area contributed by atoms with Gasteiger partial charge in [-0.25, -0.2) is 0 Å². The van der Waals surface area contributed by atoms with E-state index in [9.17, 15) is 4.79 Å². The summed E-state index contributed by atoms with van der Waals surface area (Å²) in [5, 5.41) is 3.94. The zero-order chi connectivity index (χ0) is 14.6. The number of esters is 1. The molecule has 2 heterocycles. The van der Waals surface area contributed by atoms with Crippen molar-refractivity contribution >= 4 is 5.97 Å². The van der Waals surface area contributed by atoms with Crippen molar-refractivity contribution in [1.82, 2.24) is 15.1 Å². The SMILES string of the molecule is CCOC(=O)C(CC)(CC)c1nc(-c2ccc[nH]2)no1. The number of carbonyl (C=O) groups is 1. The molecule has 0 aliphatic heterocycles. The molecule has 0 bridgehead atoms. The molecule has 0 fully saturated rings. The number of aromatic nitrogens is 3. The van der Waals surface area contributed by atoms with E-state index in [0.717, 1.165) is 5.69 Å². The van der Waals surface area contributed by atoms with Crippen molar-refractivity contribution in [2.75, 3.05) is 6.61 Å². The van der Waals surface area contributed by atoms with Crippen LogP contribution in [0.25, 0.3) is 11.5 Å². The highest BCUT2D eigenvalue weighted by Gasteiger charge is 2.44. The molecule has 0 saturated carbocycles. The minimum absolute atomic E-state index is 0.311. The molecule has 6 nitrogen and oxygen atoms in total. The van der Waals surface area contributed by atoms with E-state index in [0.29, 0.717) is 31.2 Å². The van der Waals surface area contributed by atoms with Gasteiger partial charge in [0.15, 0.2) is 0 Å². The quantitative estimate of drug-likeness (QED) is 0.821. The molecule has 0 aliphatic rings. The van der Waals surface area contributed by atoms with Gasteiger partial charge in [0.25, 0.3) is 0 Å². The third kappa shape index (κ3) is 2.33. The van der Waals surface area contributed by atoms with E-state index in [1.165, 1.54) is 0 Å². The maximum Gasteiger partial charge on any atom is 0.321 e. The Labute approximate surface area is 117 Å². The first-order valence-electron chi connectivity index (χ1n) is 6.83. The summed E-state index contributed by atoms with van der Waals surface area (Å²) in [6, 6.07) is 3.70. The number of aromatic amines is 1. The summed E-state index contributed by atoms with van der Waals surface area (Å²) in [4.78, 5) is 19.6. The van der Waals surface area contributed by atoms with E-state index in [4.69, 9.17) is 9.26 Å². The second-order valence-electron chi connectivity index (χ2n) is 4.52. The van der Waals surface area contributed by atoms with E-state index < -0.39 is 5.41 Å². The Kier molecular flexibility index (Phi) is 4.22. The highest BCUT2D eigenvalue weighted by atomic mass is 16.5. The number of H-pyrrole nitrogens is 1. The van der Waals surface area contributed by atoms with Gasteiger partial charge in [-0.05, 0) is 31.9 Å². The van der Waals surface area contributed by atoms with Gasteiger partial charge >= 0.3 is 5.97 Å². The molecule has 20 heavy (non-hydrogen) atoms.